The minimum absolute atomic E-state index is 0.889. The molecule has 0 bridgehead atoms. The summed E-state index contributed by atoms with van der Waals surface area (Å²) in [6.45, 7) is 0. The van der Waals surface area contributed by atoms with E-state index in [-0.39, 0.29) is 0 Å². The second-order valence-corrected chi connectivity index (χ2v) is 12.5. The van der Waals surface area contributed by atoms with E-state index in [1.807, 2.05) is 12.1 Å². The summed E-state index contributed by atoms with van der Waals surface area (Å²) in [6.07, 6.45) is 0. The number of furan rings is 1. The molecule has 0 aliphatic carbocycles. The first kappa shape index (κ1) is 26.8. The average Bonchev–Trinajstić information content (AvgIpc) is 3.53. The summed E-state index contributed by atoms with van der Waals surface area (Å²) in [4.78, 5) is 2.43. The van der Waals surface area contributed by atoms with Crippen LogP contribution in [0.4, 0.5) is 17.1 Å². The zero-order valence-electron chi connectivity index (χ0n) is 26.1. The molecule has 1 heterocycles. The Hall–Kier alpha value is -6.38. The summed E-state index contributed by atoms with van der Waals surface area (Å²) in [6, 6.07) is 63.5. The van der Waals surface area contributed by atoms with Crippen molar-refractivity contribution in [3.05, 3.63) is 176 Å². The molecule has 0 fully saturated rings. The van der Waals surface area contributed by atoms with Crippen LogP contribution >= 0.6 is 0 Å². The van der Waals surface area contributed by atoms with Crippen LogP contribution in [-0.2, 0) is 0 Å². The van der Waals surface area contributed by atoms with Crippen LogP contribution in [-0.4, -0.2) is 0 Å². The lowest BCUT2D eigenvalue weighted by Gasteiger charge is -2.28. The number of rotatable bonds is 4. The van der Waals surface area contributed by atoms with Gasteiger partial charge in [-0.2, -0.15) is 0 Å². The van der Waals surface area contributed by atoms with Crippen molar-refractivity contribution in [2.24, 2.45) is 0 Å². The second kappa shape index (κ2) is 10.6. The molecule has 48 heavy (non-hydrogen) atoms. The SMILES string of the molecule is c1ccc2c(-c3ccc(N(c4ccc5oc6ccccc6c5c4)c4cc5ccccc5c5ccc6ccccc6c45)cc3)cccc2c1. The highest BCUT2D eigenvalue weighted by Gasteiger charge is 2.20. The Labute approximate surface area is 277 Å². The fraction of sp³-hybridized carbons (Fsp3) is 0. The Morgan fingerprint density at radius 3 is 1.81 bits per heavy atom. The molecule has 2 nitrogen and oxygen atoms in total. The highest BCUT2D eigenvalue weighted by molar-refractivity contribution is 6.23. The molecule has 0 amide bonds. The molecule has 10 aromatic rings. The summed E-state index contributed by atoms with van der Waals surface area (Å²) >= 11 is 0. The van der Waals surface area contributed by atoms with Gasteiger partial charge in [0.25, 0.3) is 0 Å². The average molecular weight is 612 g/mol. The van der Waals surface area contributed by atoms with E-state index in [4.69, 9.17) is 4.42 Å². The van der Waals surface area contributed by atoms with Gasteiger partial charge in [-0.25, -0.2) is 0 Å². The van der Waals surface area contributed by atoms with Crippen LogP contribution in [0.1, 0.15) is 0 Å². The van der Waals surface area contributed by atoms with Crippen LogP contribution in [0, 0.1) is 0 Å². The lowest BCUT2D eigenvalue weighted by Crippen LogP contribution is -2.11. The first-order chi connectivity index (χ1) is 23.8. The molecule has 0 unspecified atom stereocenters. The molecule has 10 rings (SSSR count). The van der Waals surface area contributed by atoms with Crippen molar-refractivity contribution in [1.29, 1.82) is 0 Å². The standard InChI is InChI=1S/C46H29NO/c1-4-14-36-30(10-1)13-9-18-37(36)32-20-23-34(24-21-32)47(35-25-27-45-42(29-35)40-17-7-8-19-44(40)48-45)43-28-33-12-3-5-15-38(33)41-26-22-31-11-2-6-16-39(31)46(41)43/h1-29H. The maximum Gasteiger partial charge on any atom is 0.135 e. The third kappa shape index (κ3) is 4.13. The number of hydrogen-bond donors (Lipinski definition) is 0. The number of benzene rings is 9. The van der Waals surface area contributed by atoms with E-state index in [9.17, 15) is 0 Å². The molecule has 224 valence electrons. The second-order valence-electron chi connectivity index (χ2n) is 12.5. The Morgan fingerprint density at radius 1 is 0.354 bits per heavy atom. The lowest BCUT2D eigenvalue weighted by molar-refractivity contribution is 0.669. The number of hydrogen-bond acceptors (Lipinski definition) is 2. The fourth-order valence-corrected chi connectivity index (χ4v) is 7.58. The van der Waals surface area contributed by atoms with Gasteiger partial charge in [-0.1, -0.05) is 133 Å². The van der Waals surface area contributed by atoms with Gasteiger partial charge < -0.3 is 9.32 Å². The highest BCUT2D eigenvalue weighted by atomic mass is 16.3. The Kier molecular flexibility index (Phi) is 5.91. The number of fused-ring (bicyclic) bond motifs is 9. The van der Waals surface area contributed by atoms with E-state index in [1.165, 1.54) is 54.2 Å². The third-order valence-corrected chi connectivity index (χ3v) is 9.81. The number of para-hydroxylation sites is 1. The van der Waals surface area contributed by atoms with Gasteiger partial charge in [0.15, 0.2) is 0 Å². The molecule has 0 saturated heterocycles. The number of nitrogens with zero attached hydrogens (tertiary/aromatic N) is 1. The van der Waals surface area contributed by atoms with Crippen molar-refractivity contribution in [1.82, 2.24) is 0 Å². The van der Waals surface area contributed by atoms with Crippen LogP contribution < -0.4 is 4.90 Å². The van der Waals surface area contributed by atoms with Crippen molar-refractivity contribution in [2.45, 2.75) is 0 Å². The lowest BCUT2D eigenvalue weighted by atomic mass is 9.94. The van der Waals surface area contributed by atoms with Gasteiger partial charge in [-0.15, -0.1) is 0 Å². The van der Waals surface area contributed by atoms with E-state index < -0.39 is 0 Å². The minimum atomic E-state index is 0.889. The summed E-state index contributed by atoms with van der Waals surface area (Å²) < 4.78 is 6.27. The highest BCUT2D eigenvalue weighted by Crippen LogP contribution is 2.46. The van der Waals surface area contributed by atoms with Gasteiger partial charge in [0.05, 0.1) is 5.69 Å². The van der Waals surface area contributed by atoms with Crippen molar-refractivity contribution >= 4 is 82.1 Å². The van der Waals surface area contributed by atoms with E-state index in [2.05, 4.69) is 169 Å². The predicted molar refractivity (Wildman–Crippen MR) is 204 cm³/mol. The Balaban J connectivity index is 1.27. The van der Waals surface area contributed by atoms with E-state index in [0.29, 0.717) is 0 Å². The van der Waals surface area contributed by atoms with Gasteiger partial charge in [0.2, 0.25) is 0 Å². The van der Waals surface area contributed by atoms with E-state index in [0.717, 1.165) is 39.0 Å². The molecule has 0 aliphatic heterocycles. The molecule has 9 aromatic carbocycles. The molecule has 0 saturated carbocycles. The summed E-state index contributed by atoms with van der Waals surface area (Å²) in [5.41, 5.74) is 7.54. The van der Waals surface area contributed by atoms with Crippen molar-refractivity contribution in [2.75, 3.05) is 4.90 Å². The van der Waals surface area contributed by atoms with Crippen molar-refractivity contribution < 1.29 is 4.42 Å². The third-order valence-electron chi connectivity index (χ3n) is 9.81. The van der Waals surface area contributed by atoms with Crippen LogP contribution in [0.15, 0.2) is 180 Å². The summed E-state index contributed by atoms with van der Waals surface area (Å²) in [7, 11) is 0. The summed E-state index contributed by atoms with van der Waals surface area (Å²) in [5, 5.41) is 12.1. The molecule has 1 aromatic heterocycles. The Morgan fingerprint density at radius 2 is 0.979 bits per heavy atom. The maximum atomic E-state index is 6.27. The van der Waals surface area contributed by atoms with Crippen LogP contribution in [0.25, 0.3) is 76.2 Å². The van der Waals surface area contributed by atoms with Crippen molar-refractivity contribution in [3.8, 4) is 11.1 Å². The monoisotopic (exact) mass is 611 g/mol. The zero-order chi connectivity index (χ0) is 31.6. The molecule has 0 radical (unpaired) electrons. The van der Waals surface area contributed by atoms with Gasteiger partial charge in [-0.05, 0) is 91.3 Å². The van der Waals surface area contributed by atoms with Gasteiger partial charge in [0, 0.05) is 27.5 Å². The first-order valence-corrected chi connectivity index (χ1v) is 16.4. The fourth-order valence-electron chi connectivity index (χ4n) is 7.58. The van der Waals surface area contributed by atoms with E-state index >= 15 is 0 Å². The molecule has 0 spiro atoms. The largest absolute Gasteiger partial charge is 0.456 e. The normalized spacial score (nSPS) is 11.8. The first-order valence-electron chi connectivity index (χ1n) is 16.4. The molecular formula is C46H29NO. The smallest absolute Gasteiger partial charge is 0.135 e. The van der Waals surface area contributed by atoms with Gasteiger partial charge in [-0.3, -0.25) is 0 Å². The topological polar surface area (TPSA) is 16.4 Å². The van der Waals surface area contributed by atoms with Gasteiger partial charge >= 0.3 is 0 Å². The summed E-state index contributed by atoms with van der Waals surface area (Å²) in [5.74, 6) is 0. The van der Waals surface area contributed by atoms with Gasteiger partial charge in [0.1, 0.15) is 11.2 Å². The molecule has 2 heteroatoms. The number of anilines is 3. The molecule has 0 N–H and O–H groups in total. The Bertz CT molecular complexity index is 2840. The quantitative estimate of drug-likeness (QED) is 0.184. The molecular weight excluding hydrogens is 583 g/mol. The molecule has 0 aliphatic rings. The van der Waals surface area contributed by atoms with Crippen LogP contribution in [0.2, 0.25) is 0 Å². The predicted octanol–water partition coefficient (Wildman–Crippen LogP) is 13.3. The molecule has 0 atom stereocenters. The van der Waals surface area contributed by atoms with Crippen LogP contribution in [0.5, 0.6) is 0 Å². The maximum absolute atomic E-state index is 6.27. The van der Waals surface area contributed by atoms with Crippen molar-refractivity contribution in [3.63, 3.8) is 0 Å². The van der Waals surface area contributed by atoms with Crippen LogP contribution in [0.3, 0.4) is 0 Å². The zero-order valence-corrected chi connectivity index (χ0v) is 26.1. The van der Waals surface area contributed by atoms with E-state index in [1.54, 1.807) is 0 Å². The minimum Gasteiger partial charge on any atom is -0.456 e.